The molecule has 5 nitrogen and oxygen atoms in total. The third-order valence-electron chi connectivity index (χ3n) is 7.45. The van der Waals surface area contributed by atoms with Crippen LogP contribution in [0.25, 0.3) is 22.8 Å². The van der Waals surface area contributed by atoms with Gasteiger partial charge < -0.3 is 9.26 Å². The molecule has 1 heterocycles. The van der Waals surface area contributed by atoms with Crippen molar-refractivity contribution in [1.82, 2.24) is 10.1 Å². The lowest BCUT2D eigenvalue weighted by molar-refractivity contribution is 0.0735. The van der Waals surface area contributed by atoms with Crippen LogP contribution >= 0.6 is 0 Å². The first kappa shape index (κ1) is 24.9. The third kappa shape index (κ3) is 6.34. The van der Waals surface area contributed by atoms with Crippen LogP contribution in [0.1, 0.15) is 80.1 Å². The number of benzene rings is 3. The first-order valence-corrected chi connectivity index (χ1v) is 13.5. The summed E-state index contributed by atoms with van der Waals surface area (Å²) in [6.45, 7) is 2.28. The zero-order valence-corrected chi connectivity index (χ0v) is 21.4. The Morgan fingerprint density at radius 3 is 2.27 bits per heavy atom. The van der Waals surface area contributed by atoms with E-state index in [1.807, 2.05) is 18.2 Å². The van der Waals surface area contributed by atoms with Crippen LogP contribution in [-0.4, -0.2) is 16.1 Å². The van der Waals surface area contributed by atoms with Crippen molar-refractivity contribution < 1.29 is 14.1 Å². The van der Waals surface area contributed by atoms with Gasteiger partial charge in [-0.1, -0.05) is 80.2 Å². The molecule has 0 atom stereocenters. The van der Waals surface area contributed by atoms with E-state index in [-0.39, 0.29) is 0 Å². The number of hydrogen-bond donors (Lipinski definition) is 0. The number of hydrogen-bond acceptors (Lipinski definition) is 5. The predicted molar refractivity (Wildman–Crippen MR) is 145 cm³/mol. The van der Waals surface area contributed by atoms with Crippen molar-refractivity contribution in [2.24, 2.45) is 5.92 Å². The molecule has 0 unspecified atom stereocenters. The van der Waals surface area contributed by atoms with Crippen LogP contribution in [0.4, 0.5) is 0 Å². The minimum absolute atomic E-state index is 0.392. The first-order chi connectivity index (χ1) is 18.2. The molecule has 1 aliphatic rings. The van der Waals surface area contributed by atoms with Gasteiger partial charge in [0.1, 0.15) is 5.75 Å². The Bertz CT molecular complexity index is 1270. The van der Waals surface area contributed by atoms with Crippen molar-refractivity contribution in [1.29, 1.82) is 0 Å². The largest absolute Gasteiger partial charge is 0.423 e. The summed E-state index contributed by atoms with van der Waals surface area (Å²) in [5.74, 6) is 2.65. The Kier molecular flexibility index (Phi) is 8.09. The van der Waals surface area contributed by atoms with Gasteiger partial charge in [-0.3, -0.25) is 0 Å². The Morgan fingerprint density at radius 2 is 1.57 bits per heavy atom. The fourth-order valence-corrected chi connectivity index (χ4v) is 5.24. The maximum absolute atomic E-state index is 12.3. The zero-order chi connectivity index (χ0) is 25.5. The van der Waals surface area contributed by atoms with Crippen molar-refractivity contribution in [2.45, 2.75) is 64.2 Å². The van der Waals surface area contributed by atoms with E-state index in [2.05, 4.69) is 41.3 Å². The van der Waals surface area contributed by atoms with E-state index >= 15 is 0 Å². The molecule has 1 aromatic heterocycles. The van der Waals surface area contributed by atoms with Gasteiger partial charge in [0.05, 0.1) is 5.56 Å². The van der Waals surface area contributed by atoms with E-state index in [1.54, 1.807) is 36.4 Å². The number of carbonyl (C=O) groups is 1. The fourth-order valence-electron chi connectivity index (χ4n) is 5.24. The van der Waals surface area contributed by atoms with Gasteiger partial charge in [-0.2, -0.15) is 4.98 Å². The molecule has 5 rings (SSSR count). The molecule has 1 aliphatic carbocycles. The molecular formula is C32H34N2O3. The topological polar surface area (TPSA) is 65.2 Å². The summed E-state index contributed by atoms with van der Waals surface area (Å²) in [5, 5.41) is 4.19. The van der Waals surface area contributed by atoms with Crippen LogP contribution in [-0.2, 0) is 0 Å². The van der Waals surface area contributed by atoms with Gasteiger partial charge in [-0.05, 0) is 79.5 Å². The van der Waals surface area contributed by atoms with Crippen LogP contribution in [0.3, 0.4) is 0 Å². The highest BCUT2D eigenvalue weighted by atomic mass is 16.5. The van der Waals surface area contributed by atoms with Gasteiger partial charge in [0.25, 0.3) is 5.89 Å². The van der Waals surface area contributed by atoms with E-state index in [0.29, 0.717) is 28.9 Å². The number of aromatic nitrogens is 2. The lowest BCUT2D eigenvalue weighted by Crippen LogP contribution is -2.13. The van der Waals surface area contributed by atoms with Crippen LogP contribution < -0.4 is 4.74 Å². The zero-order valence-electron chi connectivity index (χ0n) is 21.4. The average Bonchev–Trinajstić information content (AvgIpc) is 3.45. The van der Waals surface area contributed by atoms with Gasteiger partial charge in [0.15, 0.2) is 0 Å². The maximum Gasteiger partial charge on any atom is 0.343 e. The standard InChI is InChI=1S/C32H34N2O3/c1-2-3-5-8-23-11-13-24(14-12-23)25-15-17-26(18-16-25)30-33-31(37-34-30)27-19-21-29(22-20-27)36-32(35)28-9-6-4-7-10-28/h4,6-7,9-10,15-24H,2-3,5,8,11-14H2,1H3. The van der Waals surface area contributed by atoms with Gasteiger partial charge in [0, 0.05) is 11.1 Å². The molecule has 4 aromatic rings. The minimum atomic E-state index is -0.392. The number of esters is 1. The average molecular weight is 495 g/mol. The third-order valence-corrected chi connectivity index (χ3v) is 7.45. The molecule has 0 bridgehead atoms. The number of unbranched alkanes of at least 4 members (excludes halogenated alkanes) is 2. The predicted octanol–water partition coefficient (Wildman–Crippen LogP) is 8.48. The van der Waals surface area contributed by atoms with Crippen LogP contribution in [0.5, 0.6) is 5.75 Å². The Balaban J connectivity index is 1.17. The highest BCUT2D eigenvalue weighted by molar-refractivity contribution is 5.91. The second-order valence-electron chi connectivity index (χ2n) is 10.0. The molecule has 0 N–H and O–H groups in total. The quantitative estimate of drug-likeness (QED) is 0.133. The summed E-state index contributed by atoms with van der Waals surface area (Å²) in [5.41, 5.74) is 3.64. The molecule has 0 aliphatic heterocycles. The first-order valence-electron chi connectivity index (χ1n) is 13.5. The minimum Gasteiger partial charge on any atom is -0.423 e. The number of ether oxygens (including phenoxy) is 1. The highest BCUT2D eigenvalue weighted by Crippen LogP contribution is 2.38. The highest BCUT2D eigenvalue weighted by Gasteiger charge is 2.22. The molecule has 3 aromatic carbocycles. The summed E-state index contributed by atoms with van der Waals surface area (Å²) >= 11 is 0. The lowest BCUT2D eigenvalue weighted by atomic mass is 9.77. The molecule has 1 saturated carbocycles. The van der Waals surface area contributed by atoms with E-state index in [0.717, 1.165) is 17.0 Å². The summed E-state index contributed by atoms with van der Waals surface area (Å²) in [7, 11) is 0. The second-order valence-corrected chi connectivity index (χ2v) is 10.0. The van der Waals surface area contributed by atoms with Gasteiger partial charge >= 0.3 is 5.97 Å². The summed E-state index contributed by atoms with van der Waals surface area (Å²) in [6, 6.07) is 24.7. The molecule has 0 amide bonds. The Hall–Kier alpha value is -3.73. The van der Waals surface area contributed by atoms with Crippen molar-refractivity contribution >= 4 is 5.97 Å². The van der Waals surface area contributed by atoms with Gasteiger partial charge in [0.2, 0.25) is 5.82 Å². The smallest absolute Gasteiger partial charge is 0.343 e. The molecule has 0 spiro atoms. The normalized spacial score (nSPS) is 17.4. The monoisotopic (exact) mass is 494 g/mol. The number of nitrogens with zero attached hydrogens (tertiary/aromatic N) is 2. The van der Waals surface area contributed by atoms with Gasteiger partial charge in [-0.15, -0.1) is 0 Å². The summed E-state index contributed by atoms with van der Waals surface area (Å²) in [4.78, 5) is 16.8. The molecule has 0 saturated heterocycles. The van der Waals surface area contributed by atoms with E-state index in [4.69, 9.17) is 9.26 Å². The Labute approximate surface area is 218 Å². The van der Waals surface area contributed by atoms with Gasteiger partial charge in [-0.25, -0.2) is 4.79 Å². The molecule has 190 valence electrons. The van der Waals surface area contributed by atoms with E-state index in [1.165, 1.54) is 56.9 Å². The van der Waals surface area contributed by atoms with Crippen molar-refractivity contribution in [2.75, 3.05) is 0 Å². The molecule has 1 fully saturated rings. The molecule has 5 heteroatoms. The van der Waals surface area contributed by atoms with Crippen LogP contribution in [0, 0.1) is 5.92 Å². The second kappa shape index (κ2) is 12.0. The van der Waals surface area contributed by atoms with Crippen molar-refractivity contribution in [3.05, 3.63) is 90.0 Å². The summed E-state index contributed by atoms with van der Waals surface area (Å²) in [6.07, 6.45) is 10.8. The van der Waals surface area contributed by atoms with Crippen LogP contribution in [0.2, 0.25) is 0 Å². The fraction of sp³-hybridized carbons (Fsp3) is 0.344. The van der Waals surface area contributed by atoms with Crippen LogP contribution in [0.15, 0.2) is 83.4 Å². The Morgan fingerprint density at radius 1 is 0.865 bits per heavy atom. The SMILES string of the molecule is CCCCCC1CCC(c2ccc(-c3noc(-c4ccc(OC(=O)c5ccccc5)cc4)n3)cc2)CC1. The molecular weight excluding hydrogens is 460 g/mol. The van der Waals surface area contributed by atoms with E-state index < -0.39 is 5.97 Å². The lowest BCUT2D eigenvalue weighted by Gasteiger charge is -2.29. The summed E-state index contributed by atoms with van der Waals surface area (Å²) < 4.78 is 11.0. The number of carbonyl (C=O) groups excluding carboxylic acids is 1. The molecule has 37 heavy (non-hydrogen) atoms. The van der Waals surface area contributed by atoms with Crippen molar-refractivity contribution in [3.63, 3.8) is 0 Å². The van der Waals surface area contributed by atoms with E-state index in [9.17, 15) is 4.79 Å². The number of rotatable bonds is 9. The molecule has 0 radical (unpaired) electrons. The maximum atomic E-state index is 12.3. The van der Waals surface area contributed by atoms with Crippen molar-refractivity contribution in [3.8, 4) is 28.6 Å².